The molecule has 1 fully saturated rings. The predicted molar refractivity (Wildman–Crippen MR) is 69.4 cm³/mol. The van der Waals surface area contributed by atoms with Crippen LogP contribution in [0.5, 0.6) is 0 Å². The van der Waals surface area contributed by atoms with Crippen LogP contribution in [0, 0.1) is 5.82 Å². The number of carboxylic acids is 1. The second-order valence-corrected chi connectivity index (χ2v) is 5.53. The Morgan fingerprint density at radius 1 is 1.39 bits per heavy atom. The molecule has 94 valence electrons. The van der Waals surface area contributed by atoms with Crippen molar-refractivity contribution in [1.82, 2.24) is 4.57 Å². The maximum atomic E-state index is 13.9. The molecule has 0 bridgehead atoms. The molecular formula is C13H11BrFNO2. The Morgan fingerprint density at radius 3 is 2.67 bits per heavy atom. The minimum absolute atomic E-state index is 0.173. The molecule has 1 aromatic carbocycles. The van der Waals surface area contributed by atoms with E-state index >= 15 is 0 Å². The van der Waals surface area contributed by atoms with Crippen LogP contribution in [-0.2, 0) is 0 Å². The average Bonchev–Trinajstić information content (AvgIpc) is 2.56. The van der Waals surface area contributed by atoms with E-state index in [-0.39, 0.29) is 17.6 Å². The molecule has 18 heavy (non-hydrogen) atoms. The number of halogens is 2. The molecule has 0 saturated heterocycles. The summed E-state index contributed by atoms with van der Waals surface area (Å²) in [6.45, 7) is 0. The van der Waals surface area contributed by atoms with E-state index in [0.29, 0.717) is 15.4 Å². The molecule has 1 aliphatic rings. The smallest absolute Gasteiger partial charge is 0.352 e. The van der Waals surface area contributed by atoms with Crippen molar-refractivity contribution in [1.29, 1.82) is 0 Å². The van der Waals surface area contributed by atoms with E-state index in [1.54, 1.807) is 10.6 Å². The van der Waals surface area contributed by atoms with Gasteiger partial charge in [0, 0.05) is 15.9 Å². The second kappa shape index (κ2) is 4.09. The van der Waals surface area contributed by atoms with Crippen LogP contribution in [0.4, 0.5) is 4.39 Å². The first kappa shape index (κ1) is 11.7. The molecule has 0 radical (unpaired) electrons. The van der Waals surface area contributed by atoms with Gasteiger partial charge in [0.1, 0.15) is 11.5 Å². The monoisotopic (exact) mass is 311 g/mol. The van der Waals surface area contributed by atoms with Gasteiger partial charge in [0.2, 0.25) is 0 Å². The normalized spacial score (nSPS) is 15.9. The summed E-state index contributed by atoms with van der Waals surface area (Å²) >= 11 is 3.25. The number of nitrogens with zero attached hydrogens (tertiary/aromatic N) is 1. The molecule has 0 amide bonds. The number of rotatable bonds is 2. The number of aromatic carboxylic acids is 1. The van der Waals surface area contributed by atoms with E-state index in [1.165, 1.54) is 12.1 Å². The first-order valence-electron chi connectivity index (χ1n) is 5.81. The summed E-state index contributed by atoms with van der Waals surface area (Å²) in [6.07, 6.45) is 3.01. The zero-order valence-corrected chi connectivity index (χ0v) is 11.1. The molecule has 5 heteroatoms. The SMILES string of the molecule is O=C(O)c1cc2c(F)cc(Br)cc2n1C1CCC1. The molecule has 0 unspecified atom stereocenters. The van der Waals surface area contributed by atoms with Gasteiger partial charge in [0.15, 0.2) is 0 Å². The van der Waals surface area contributed by atoms with Crippen molar-refractivity contribution in [2.24, 2.45) is 0 Å². The van der Waals surface area contributed by atoms with Gasteiger partial charge in [-0.15, -0.1) is 0 Å². The third kappa shape index (κ3) is 1.65. The highest BCUT2D eigenvalue weighted by Crippen LogP contribution is 2.38. The van der Waals surface area contributed by atoms with Gasteiger partial charge in [-0.25, -0.2) is 9.18 Å². The van der Waals surface area contributed by atoms with Crippen molar-refractivity contribution in [3.05, 3.63) is 34.2 Å². The van der Waals surface area contributed by atoms with E-state index < -0.39 is 5.97 Å². The van der Waals surface area contributed by atoms with E-state index in [9.17, 15) is 14.3 Å². The molecule has 0 aliphatic heterocycles. The zero-order valence-electron chi connectivity index (χ0n) is 9.49. The number of fused-ring (bicyclic) bond motifs is 1. The summed E-state index contributed by atoms with van der Waals surface area (Å²) in [5.41, 5.74) is 0.829. The van der Waals surface area contributed by atoms with Crippen LogP contribution in [0.1, 0.15) is 35.8 Å². The maximum Gasteiger partial charge on any atom is 0.352 e. The highest BCUT2D eigenvalue weighted by atomic mass is 79.9. The Bertz CT molecular complexity index is 646. The number of aromatic nitrogens is 1. The van der Waals surface area contributed by atoms with Gasteiger partial charge in [0.25, 0.3) is 0 Å². The fourth-order valence-corrected chi connectivity index (χ4v) is 2.87. The van der Waals surface area contributed by atoms with Gasteiger partial charge < -0.3 is 9.67 Å². The van der Waals surface area contributed by atoms with E-state index in [2.05, 4.69) is 15.9 Å². The third-order valence-corrected chi connectivity index (χ3v) is 3.99. The van der Waals surface area contributed by atoms with Crippen molar-refractivity contribution in [2.75, 3.05) is 0 Å². The standard InChI is InChI=1S/C13H11BrFNO2/c14-7-4-10(15)9-6-12(13(17)18)16(11(9)5-7)8-2-1-3-8/h4-6,8H,1-3H2,(H,17,18). The van der Waals surface area contributed by atoms with Crippen molar-refractivity contribution in [3.63, 3.8) is 0 Å². The lowest BCUT2D eigenvalue weighted by Crippen LogP contribution is -2.20. The predicted octanol–water partition coefficient (Wildman–Crippen LogP) is 3.97. The third-order valence-electron chi connectivity index (χ3n) is 3.53. The molecule has 3 rings (SSSR count). The molecule has 3 nitrogen and oxygen atoms in total. The summed E-state index contributed by atoms with van der Waals surface area (Å²) in [7, 11) is 0. The van der Waals surface area contributed by atoms with Crippen molar-refractivity contribution in [2.45, 2.75) is 25.3 Å². The van der Waals surface area contributed by atoms with E-state index in [4.69, 9.17) is 0 Å². The summed E-state index contributed by atoms with van der Waals surface area (Å²) in [4.78, 5) is 11.3. The van der Waals surface area contributed by atoms with Crippen molar-refractivity contribution < 1.29 is 14.3 Å². The van der Waals surface area contributed by atoms with E-state index in [0.717, 1.165) is 19.3 Å². The first-order chi connectivity index (χ1) is 8.58. The molecule has 1 saturated carbocycles. The molecule has 1 aromatic heterocycles. The van der Waals surface area contributed by atoms with Crippen LogP contribution in [-0.4, -0.2) is 15.6 Å². The fourth-order valence-electron chi connectivity index (χ4n) is 2.45. The van der Waals surface area contributed by atoms with Gasteiger partial charge in [0.05, 0.1) is 5.52 Å². The van der Waals surface area contributed by atoms with E-state index in [1.807, 2.05) is 0 Å². The highest BCUT2D eigenvalue weighted by molar-refractivity contribution is 9.10. The van der Waals surface area contributed by atoms with Crippen LogP contribution >= 0.6 is 15.9 Å². The molecule has 1 aliphatic carbocycles. The van der Waals surface area contributed by atoms with Crippen molar-refractivity contribution >= 4 is 32.8 Å². The topological polar surface area (TPSA) is 42.2 Å². The van der Waals surface area contributed by atoms with Gasteiger partial charge in [-0.2, -0.15) is 0 Å². The quantitative estimate of drug-likeness (QED) is 0.912. The summed E-state index contributed by atoms with van der Waals surface area (Å²) < 4.78 is 16.2. The van der Waals surface area contributed by atoms with Gasteiger partial charge >= 0.3 is 5.97 Å². The summed E-state index contributed by atoms with van der Waals surface area (Å²) in [5, 5.41) is 9.62. The van der Waals surface area contributed by atoms with Gasteiger partial charge in [-0.1, -0.05) is 15.9 Å². The second-order valence-electron chi connectivity index (χ2n) is 4.61. The Kier molecular flexibility index (Phi) is 2.66. The maximum absolute atomic E-state index is 13.9. The molecular weight excluding hydrogens is 301 g/mol. The van der Waals surface area contributed by atoms with Crippen LogP contribution in [0.15, 0.2) is 22.7 Å². The fraction of sp³-hybridized carbons (Fsp3) is 0.308. The Balaban J connectivity index is 2.33. The number of hydrogen-bond donors (Lipinski definition) is 1. The van der Waals surface area contributed by atoms with Crippen LogP contribution in [0.3, 0.4) is 0 Å². The largest absolute Gasteiger partial charge is 0.477 e. The number of carboxylic acid groups (broad SMARTS) is 1. The number of benzene rings is 1. The summed E-state index contributed by atoms with van der Waals surface area (Å²) in [5.74, 6) is -1.39. The first-order valence-corrected chi connectivity index (χ1v) is 6.60. The average molecular weight is 312 g/mol. The molecule has 0 spiro atoms. The minimum atomic E-state index is -1.01. The molecule has 2 aromatic rings. The van der Waals surface area contributed by atoms with Crippen LogP contribution < -0.4 is 0 Å². The molecule has 0 atom stereocenters. The Morgan fingerprint density at radius 2 is 2.11 bits per heavy atom. The number of carbonyl (C=O) groups is 1. The lowest BCUT2D eigenvalue weighted by Gasteiger charge is -2.29. The zero-order chi connectivity index (χ0) is 12.9. The van der Waals surface area contributed by atoms with Gasteiger partial charge in [-0.05, 0) is 37.5 Å². The number of hydrogen-bond acceptors (Lipinski definition) is 1. The lowest BCUT2D eigenvalue weighted by atomic mass is 9.92. The highest BCUT2D eigenvalue weighted by Gasteiger charge is 2.27. The Labute approximate surface area is 111 Å². The van der Waals surface area contributed by atoms with Crippen LogP contribution in [0.2, 0.25) is 0 Å². The molecule has 1 N–H and O–H groups in total. The Hall–Kier alpha value is -1.36. The van der Waals surface area contributed by atoms with Crippen LogP contribution in [0.25, 0.3) is 10.9 Å². The minimum Gasteiger partial charge on any atom is -0.477 e. The summed E-state index contributed by atoms with van der Waals surface area (Å²) in [6, 6.07) is 4.75. The van der Waals surface area contributed by atoms with Gasteiger partial charge in [-0.3, -0.25) is 0 Å². The van der Waals surface area contributed by atoms with Crippen molar-refractivity contribution in [3.8, 4) is 0 Å². The lowest BCUT2D eigenvalue weighted by molar-refractivity contribution is 0.0679. The molecule has 1 heterocycles.